The molecule has 3 aromatic heterocycles. The van der Waals surface area contributed by atoms with Crippen LogP contribution in [0, 0.1) is 13.8 Å². The van der Waals surface area contributed by atoms with Gasteiger partial charge in [0.1, 0.15) is 0 Å². The van der Waals surface area contributed by atoms with Gasteiger partial charge in [-0.15, -0.1) is 0 Å². The molecule has 3 aromatic rings. The summed E-state index contributed by atoms with van der Waals surface area (Å²) in [6, 6.07) is 2.12. The standard InChI is InChI=1S/C12H11N3S/c1-7-10-5-13-15-12(10)11(8(2)14-7)9-3-4-16-6-9/h3-6H,1-2H3,(H,13,15). The molecule has 1 N–H and O–H groups in total. The van der Waals surface area contributed by atoms with Gasteiger partial charge in [0.15, 0.2) is 0 Å². The molecule has 3 nitrogen and oxygen atoms in total. The molecular formula is C12H11N3S. The number of pyridine rings is 1. The van der Waals surface area contributed by atoms with Crippen LogP contribution in [0.25, 0.3) is 22.0 Å². The average molecular weight is 229 g/mol. The molecule has 0 radical (unpaired) electrons. The Balaban J connectivity index is 2.43. The second-order valence-electron chi connectivity index (χ2n) is 3.83. The highest BCUT2D eigenvalue weighted by Crippen LogP contribution is 2.31. The zero-order chi connectivity index (χ0) is 11.1. The Hall–Kier alpha value is -1.68. The van der Waals surface area contributed by atoms with Crippen LogP contribution in [0.5, 0.6) is 0 Å². The van der Waals surface area contributed by atoms with E-state index in [9.17, 15) is 0 Å². The molecule has 0 aliphatic carbocycles. The number of hydrogen-bond acceptors (Lipinski definition) is 3. The highest BCUT2D eigenvalue weighted by molar-refractivity contribution is 7.08. The van der Waals surface area contributed by atoms with Crippen molar-refractivity contribution in [2.75, 3.05) is 0 Å². The Morgan fingerprint density at radius 1 is 1.25 bits per heavy atom. The van der Waals surface area contributed by atoms with Gasteiger partial charge in [-0.1, -0.05) is 0 Å². The average Bonchev–Trinajstić information content (AvgIpc) is 2.86. The van der Waals surface area contributed by atoms with Gasteiger partial charge in [-0.2, -0.15) is 16.4 Å². The van der Waals surface area contributed by atoms with Crippen LogP contribution >= 0.6 is 11.3 Å². The first-order valence-electron chi connectivity index (χ1n) is 5.10. The molecule has 0 aliphatic heterocycles. The molecule has 4 heteroatoms. The van der Waals surface area contributed by atoms with E-state index < -0.39 is 0 Å². The van der Waals surface area contributed by atoms with Crippen LogP contribution in [-0.2, 0) is 0 Å². The SMILES string of the molecule is Cc1nc(C)c2cn[nH]c2c1-c1ccsc1. The summed E-state index contributed by atoms with van der Waals surface area (Å²) in [5.74, 6) is 0. The van der Waals surface area contributed by atoms with Gasteiger partial charge in [-0.3, -0.25) is 10.1 Å². The zero-order valence-electron chi connectivity index (χ0n) is 9.11. The molecule has 0 unspecified atom stereocenters. The van der Waals surface area contributed by atoms with Gasteiger partial charge in [-0.25, -0.2) is 0 Å². The third-order valence-corrected chi connectivity index (χ3v) is 3.47. The normalized spacial score (nSPS) is 11.1. The summed E-state index contributed by atoms with van der Waals surface area (Å²) in [4.78, 5) is 4.57. The van der Waals surface area contributed by atoms with Crippen LogP contribution in [0.2, 0.25) is 0 Å². The lowest BCUT2D eigenvalue weighted by Crippen LogP contribution is -1.92. The zero-order valence-corrected chi connectivity index (χ0v) is 9.93. The Morgan fingerprint density at radius 2 is 2.12 bits per heavy atom. The van der Waals surface area contributed by atoms with Crippen LogP contribution in [0.1, 0.15) is 11.4 Å². The molecule has 0 amide bonds. The van der Waals surface area contributed by atoms with Crippen molar-refractivity contribution in [2.24, 2.45) is 0 Å². The number of fused-ring (bicyclic) bond motifs is 1. The second-order valence-corrected chi connectivity index (χ2v) is 4.61. The predicted molar refractivity (Wildman–Crippen MR) is 66.7 cm³/mol. The van der Waals surface area contributed by atoms with E-state index in [4.69, 9.17) is 0 Å². The second kappa shape index (κ2) is 3.42. The van der Waals surface area contributed by atoms with Crippen LogP contribution in [-0.4, -0.2) is 15.2 Å². The summed E-state index contributed by atoms with van der Waals surface area (Å²) < 4.78 is 0. The van der Waals surface area contributed by atoms with E-state index in [0.29, 0.717) is 0 Å². The van der Waals surface area contributed by atoms with Crippen molar-refractivity contribution in [1.29, 1.82) is 0 Å². The fraction of sp³-hybridized carbons (Fsp3) is 0.167. The molecular weight excluding hydrogens is 218 g/mol. The lowest BCUT2D eigenvalue weighted by Gasteiger charge is -2.06. The molecule has 3 rings (SSSR count). The Kier molecular flexibility index (Phi) is 2.04. The number of aryl methyl sites for hydroxylation is 2. The molecule has 0 aromatic carbocycles. The van der Waals surface area contributed by atoms with E-state index in [0.717, 1.165) is 22.3 Å². The third-order valence-electron chi connectivity index (χ3n) is 2.79. The van der Waals surface area contributed by atoms with E-state index in [1.54, 1.807) is 11.3 Å². The minimum Gasteiger partial charge on any atom is -0.277 e. The molecule has 80 valence electrons. The summed E-state index contributed by atoms with van der Waals surface area (Å²) in [5, 5.41) is 12.5. The molecule has 0 fully saturated rings. The molecule has 16 heavy (non-hydrogen) atoms. The van der Waals surface area contributed by atoms with Gasteiger partial charge in [-0.05, 0) is 36.2 Å². The maximum absolute atomic E-state index is 4.57. The molecule has 0 spiro atoms. The Morgan fingerprint density at radius 3 is 2.88 bits per heavy atom. The van der Waals surface area contributed by atoms with Crippen molar-refractivity contribution in [3.63, 3.8) is 0 Å². The number of rotatable bonds is 1. The highest BCUT2D eigenvalue weighted by Gasteiger charge is 2.12. The van der Waals surface area contributed by atoms with Crippen molar-refractivity contribution in [3.05, 3.63) is 34.4 Å². The Bertz CT molecular complexity index is 638. The number of aromatic amines is 1. The summed E-state index contributed by atoms with van der Waals surface area (Å²) in [6.07, 6.45) is 1.84. The van der Waals surface area contributed by atoms with E-state index in [-0.39, 0.29) is 0 Å². The van der Waals surface area contributed by atoms with Gasteiger partial charge in [0.25, 0.3) is 0 Å². The maximum atomic E-state index is 4.57. The smallest absolute Gasteiger partial charge is 0.0765 e. The van der Waals surface area contributed by atoms with Crippen LogP contribution in [0.3, 0.4) is 0 Å². The number of hydrogen-bond donors (Lipinski definition) is 1. The van der Waals surface area contributed by atoms with E-state index in [1.165, 1.54) is 11.1 Å². The van der Waals surface area contributed by atoms with Crippen LogP contribution in [0.15, 0.2) is 23.0 Å². The number of H-pyrrole nitrogens is 1. The number of aromatic nitrogens is 3. The van der Waals surface area contributed by atoms with Gasteiger partial charge < -0.3 is 0 Å². The topological polar surface area (TPSA) is 41.6 Å². The highest BCUT2D eigenvalue weighted by atomic mass is 32.1. The van der Waals surface area contributed by atoms with Gasteiger partial charge in [0.2, 0.25) is 0 Å². The number of nitrogens with zero attached hydrogens (tertiary/aromatic N) is 2. The minimum absolute atomic E-state index is 1.03. The third kappa shape index (κ3) is 1.27. The molecule has 0 aliphatic rings. The monoisotopic (exact) mass is 229 g/mol. The van der Waals surface area contributed by atoms with E-state index in [1.807, 2.05) is 20.0 Å². The van der Waals surface area contributed by atoms with Crippen LogP contribution < -0.4 is 0 Å². The molecule has 0 bridgehead atoms. The van der Waals surface area contributed by atoms with E-state index in [2.05, 4.69) is 32.0 Å². The van der Waals surface area contributed by atoms with Gasteiger partial charge >= 0.3 is 0 Å². The van der Waals surface area contributed by atoms with Crippen molar-refractivity contribution >= 4 is 22.2 Å². The summed E-state index contributed by atoms with van der Waals surface area (Å²) in [6.45, 7) is 4.06. The fourth-order valence-corrected chi connectivity index (χ4v) is 2.71. The number of nitrogens with one attached hydrogen (secondary N) is 1. The lowest BCUT2D eigenvalue weighted by molar-refractivity contribution is 1.11. The Labute approximate surface area is 97.2 Å². The quantitative estimate of drug-likeness (QED) is 0.695. The summed E-state index contributed by atoms with van der Waals surface area (Å²) >= 11 is 1.70. The van der Waals surface area contributed by atoms with Gasteiger partial charge in [0, 0.05) is 22.3 Å². The predicted octanol–water partition coefficient (Wildman–Crippen LogP) is 3.30. The first kappa shape index (κ1) is 9.54. The lowest BCUT2D eigenvalue weighted by atomic mass is 10.0. The van der Waals surface area contributed by atoms with Crippen LogP contribution in [0.4, 0.5) is 0 Å². The molecule has 3 heterocycles. The molecule has 0 atom stereocenters. The summed E-state index contributed by atoms with van der Waals surface area (Å²) in [5.41, 5.74) is 5.54. The molecule has 0 saturated carbocycles. The van der Waals surface area contributed by atoms with Gasteiger partial charge in [0.05, 0.1) is 11.7 Å². The van der Waals surface area contributed by atoms with Crippen molar-refractivity contribution in [2.45, 2.75) is 13.8 Å². The van der Waals surface area contributed by atoms with Crippen molar-refractivity contribution in [1.82, 2.24) is 15.2 Å². The fourth-order valence-electron chi connectivity index (χ4n) is 2.06. The first-order chi connectivity index (χ1) is 7.77. The first-order valence-corrected chi connectivity index (χ1v) is 6.04. The van der Waals surface area contributed by atoms with Crippen molar-refractivity contribution in [3.8, 4) is 11.1 Å². The summed E-state index contributed by atoms with van der Waals surface area (Å²) in [7, 11) is 0. The number of thiophene rings is 1. The largest absolute Gasteiger partial charge is 0.277 e. The maximum Gasteiger partial charge on any atom is 0.0765 e. The molecule has 0 saturated heterocycles. The minimum atomic E-state index is 1.03. The van der Waals surface area contributed by atoms with E-state index >= 15 is 0 Å². The van der Waals surface area contributed by atoms with Crippen molar-refractivity contribution < 1.29 is 0 Å².